The average Bonchev–Trinajstić information content (AvgIpc) is 3.30. The summed E-state index contributed by atoms with van der Waals surface area (Å²) in [6.07, 6.45) is 0. The lowest BCUT2D eigenvalue weighted by atomic mass is 9.85. The van der Waals surface area contributed by atoms with Crippen LogP contribution in [-0.2, 0) is 5.41 Å². The van der Waals surface area contributed by atoms with Gasteiger partial charge in [-0.2, -0.15) is 0 Å². The predicted molar refractivity (Wildman–Crippen MR) is 268 cm³/mol. The van der Waals surface area contributed by atoms with Gasteiger partial charge in [-0.3, -0.25) is 0 Å². The van der Waals surface area contributed by atoms with Crippen LogP contribution in [0.25, 0.3) is 44.5 Å². The summed E-state index contributed by atoms with van der Waals surface area (Å²) >= 11 is 14.2. The van der Waals surface area contributed by atoms with E-state index in [1.807, 2.05) is 115 Å². The maximum Gasteiger partial charge on any atom is 0.125 e. The van der Waals surface area contributed by atoms with Gasteiger partial charge in [0.1, 0.15) is 11.6 Å². The summed E-state index contributed by atoms with van der Waals surface area (Å²) in [5.41, 5.74) is 12.7. The second-order valence-electron chi connectivity index (χ2n) is 16.8. The SMILES string of the molecule is CC(C)(C)c1cc(N(c2cccc(O)c2)c2c(-c3ccccc3)cc(Cl)cc2-c2ccccc2)cc(N(c2cccc(F)c2)c2c(-c3ccccc3)cc(Cl)cc2-c2ccccc2)c1. The van der Waals surface area contributed by atoms with E-state index in [1.54, 1.807) is 24.3 Å². The number of hydrogen-bond acceptors (Lipinski definition) is 3. The Morgan fingerprint density at radius 3 is 1.09 bits per heavy atom. The molecule has 0 aliphatic rings. The van der Waals surface area contributed by atoms with E-state index in [1.165, 1.54) is 6.07 Å². The van der Waals surface area contributed by atoms with Gasteiger partial charge in [-0.05, 0) is 106 Å². The Bertz CT molecular complexity index is 2760. The highest BCUT2D eigenvalue weighted by molar-refractivity contribution is 6.32. The van der Waals surface area contributed by atoms with Crippen LogP contribution in [0.2, 0.25) is 10.0 Å². The molecule has 6 heteroatoms. The number of rotatable bonds is 10. The van der Waals surface area contributed by atoms with Gasteiger partial charge in [0.25, 0.3) is 0 Å². The molecule has 0 saturated carbocycles. The Morgan fingerprint density at radius 2 is 0.750 bits per heavy atom. The number of aromatic hydroxyl groups is 1. The molecule has 0 unspecified atom stereocenters. The van der Waals surface area contributed by atoms with Gasteiger partial charge in [0.2, 0.25) is 0 Å². The van der Waals surface area contributed by atoms with Crippen LogP contribution >= 0.6 is 23.2 Å². The minimum Gasteiger partial charge on any atom is -0.508 e. The molecule has 1 N–H and O–H groups in total. The molecule has 0 aliphatic heterocycles. The molecule has 0 aromatic heterocycles. The highest BCUT2D eigenvalue weighted by atomic mass is 35.5. The van der Waals surface area contributed by atoms with Gasteiger partial charge in [-0.15, -0.1) is 0 Å². The molecule has 9 aromatic rings. The third kappa shape index (κ3) is 8.76. The van der Waals surface area contributed by atoms with E-state index >= 15 is 4.39 Å². The smallest absolute Gasteiger partial charge is 0.125 e. The molecule has 0 saturated heterocycles. The van der Waals surface area contributed by atoms with E-state index in [0.717, 1.165) is 78.5 Å². The zero-order valence-electron chi connectivity index (χ0n) is 35.7. The van der Waals surface area contributed by atoms with Gasteiger partial charge in [-0.1, -0.05) is 177 Å². The van der Waals surface area contributed by atoms with Crippen molar-refractivity contribution >= 4 is 57.3 Å². The molecule has 64 heavy (non-hydrogen) atoms. The number of phenols is 1. The zero-order valence-corrected chi connectivity index (χ0v) is 37.2. The molecule has 0 spiro atoms. The minimum atomic E-state index is -0.367. The first-order valence-electron chi connectivity index (χ1n) is 21.2. The van der Waals surface area contributed by atoms with Crippen molar-refractivity contribution in [3.8, 4) is 50.3 Å². The van der Waals surface area contributed by atoms with Crippen molar-refractivity contribution in [2.75, 3.05) is 9.80 Å². The molecular formula is C58H45Cl2FN2O. The fraction of sp³-hybridized carbons (Fsp3) is 0.0690. The highest BCUT2D eigenvalue weighted by Crippen LogP contribution is 2.53. The second kappa shape index (κ2) is 17.9. The van der Waals surface area contributed by atoms with Crippen LogP contribution < -0.4 is 9.80 Å². The summed E-state index contributed by atoms with van der Waals surface area (Å²) in [4.78, 5) is 4.36. The van der Waals surface area contributed by atoms with Gasteiger partial charge < -0.3 is 14.9 Å². The maximum absolute atomic E-state index is 15.8. The standard InChI is InChI=1S/C58H45Cl2FN2O/c1-58(2,3)43-30-49(62(47-27-16-26-46(61)36-47)56-52(39-18-8-4-9-19-39)32-44(59)33-53(56)40-20-10-5-11-21-40)37-50(31-43)63(48-28-17-29-51(64)38-48)57-54(41-22-12-6-13-23-41)34-45(60)35-55(57)42-24-14-7-15-25-42/h4-38,64H,1-3H3. The number of benzene rings is 9. The summed E-state index contributed by atoms with van der Waals surface area (Å²) in [6.45, 7) is 6.59. The molecule has 314 valence electrons. The lowest BCUT2D eigenvalue weighted by Gasteiger charge is -2.35. The van der Waals surface area contributed by atoms with Gasteiger partial charge in [0, 0.05) is 61.1 Å². The van der Waals surface area contributed by atoms with Gasteiger partial charge >= 0.3 is 0 Å². The van der Waals surface area contributed by atoms with Crippen molar-refractivity contribution in [3.63, 3.8) is 0 Å². The van der Waals surface area contributed by atoms with E-state index in [9.17, 15) is 5.11 Å². The van der Waals surface area contributed by atoms with Crippen molar-refractivity contribution in [3.05, 3.63) is 234 Å². The summed E-state index contributed by atoms with van der Waals surface area (Å²) in [6, 6.07) is 69.4. The van der Waals surface area contributed by atoms with Crippen molar-refractivity contribution in [1.29, 1.82) is 0 Å². The topological polar surface area (TPSA) is 26.7 Å². The van der Waals surface area contributed by atoms with Gasteiger partial charge in [0.15, 0.2) is 0 Å². The molecule has 0 atom stereocenters. The van der Waals surface area contributed by atoms with E-state index in [-0.39, 0.29) is 17.0 Å². The Labute approximate surface area is 384 Å². The Kier molecular flexibility index (Phi) is 11.8. The van der Waals surface area contributed by atoms with E-state index in [4.69, 9.17) is 23.2 Å². The average molecular weight is 876 g/mol. The second-order valence-corrected chi connectivity index (χ2v) is 17.7. The van der Waals surface area contributed by atoms with Crippen LogP contribution in [0, 0.1) is 5.82 Å². The summed E-state index contributed by atoms with van der Waals surface area (Å²) < 4.78 is 15.8. The van der Waals surface area contributed by atoms with Crippen molar-refractivity contribution in [2.24, 2.45) is 0 Å². The number of anilines is 6. The lowest BCUT2D eigenvalue weighted by molar-refractivity contribution is 0.475. The lowest BCUT2D eigenvalue weighted by Crippen LogP contribution is -2.19. The normalized spacial score (nSPS) is 11.3. The number of hydrogen-bond donors (Lipinski definition) is 1. The van der Waals surface area contributed by atoms with Crippen LogP contribution in [0.15, 0.2) is 212 Å². The Morgan fingerprint density at radius 1 is 0.391 bits per heavy atom. The van der Waals surface area contributed by atoms with E-state index in [0.29, 0.717) is 15.7 Å². The number of phenolic OH excluding ortho intramolecular Hbond substituents is 1. The van der Waals surface area contributed by atoms with Crippen LogP contribution in [0.1, 0.15) is 26.3 Å². The van der Waals surface area contributed by atoms with Crippen LogP contribution in [0.3, 0.4) is 0 Å². The quantitative estimate of drug-likeness (QED) is 0.148. The van der Waals surface area contributed by atoms with E-state index < -0.39 is 0 Å². The molecule has 0 radical (unpaired) electrons. The first kappa shape index (κ1) is 42.2. The van der Waals surface area contributed by atoms with Crippen molar-refractivity contribution in [1.82, 2.24) is 0 Å². The third-order valence-electron chi connectivity index (χ3n) is 11.4. The van der Waals surface area contributed by atoms with Crippen LogP contribution in [0.4, 0.5) is 38.5 Å². The number of halogens is 3. The fourth-order valence-corrected chi connectivity index (χ4v) is 8.82. The maximum atomic E-state index is 15.8. The third-order valence-corrected chi connectivity index (χ3v) is 11.8. The summed E-state index contributed by atoms with van der Waals surface area (Å²) in [5, 5.41) is 12.4. The van der Waals surface area contributed by atoms with Crippen LogP contribution in [-0.4, -0.2) is 5.11 Å². The monoisotopic (exact) mass is 874 g/mol. The van der Waals surface area contributed by atoms with Crippen molar-refractivity contribution in [2.45, 2.75) is 26.2 Å². The molecule has 9 rings (SSSR count). The molecular weight excluding hydrogens is 831 g/mol. The van der Waals surface area contributed by atoms with Crippen LogP contribution in [0.5, 0.6) is 5.75 Å². The van der Waals surface area contributed by atoms with Gasteiger partial charge in [0.05, 0.1) is 11.4 Å². The molecule has 0 fully saturated rings. The largest absolute Gasteiger partial charge is 0.508 e. The van der Waals surface area contributed by atoms with Crippen molar-refractivity contribution < 1.29 is 9.50 Å². The van der Waals surface area contributed by atoms with Gasteiger partial charge in [-0.25, -0.2) is 4.39 Å². The molecule has 0 aliphatic carbocycles. The first-order valence-corrected chi connectivity index (χ1v) is 22.0. The summed E-state index contributed by atoms with van der Waals surface area (Å²) in [5.74, 6) is -0.248. The molecule has 0 amide bonds. The van der Waals surface area contributed by atoms with E-state index in [2.05, 4.69) is 97.3 Å². The summed E-state index contributed by atoms with van der Waals surface area (Å²) in [7, 11) is 0. The predicted octanol–water partition coefficient (Wildman–Crippen LogP) is 17.7. The molecule has 0 bridgehead atoms. The number of nitrogens with zero attached hydrogens (tertiary/aromatic N) is 2. The molecule has 9 aromatic carbocycles. The minimum absolute atomic E-state index is 0.119. The molecule has 3 nitrogen and oxygen atoms in total. The fourth-order valence-electron chi connectivity index (χ4n) is 8.38. The highest BCUT2D eigenvalue weighted by Gasteiger charge is 2.29. The Balaban J connectivity index is 1.43. The molecule has 0 heterocycles. The first-order chi connectivity index (χ1) is 31.0. The zero-order chi connectivity index (χ0) is 44.4. The Hall–Kier alpha value is -7.11.